The number of hydrogen-bond donors (Lipinski definition) is 0. The summed E-state index contributed by atoms with van der Waals surface area (Å²) < 4.78 is 19.3. The van der Waals surface area contributed by atoms with Gasteiger partial charge in [0, 0.05) is 31.9 Å². The van der Waals surface area contributed by atoms with Crippen molar-refractivity contribution in [1.82, 2.24) is 4.90 Å². The van der Waals surface area contributed by atoms with Crippen LogP contribution in [0.1, 0.15) is 45.6 Å². The molecule has 1 atom stereocenters. The van der Waals surface area contributed by atoms with Gasteiger partial charge in [-0.3, -0.25) is 9.69 Å². The summed E-state index contributed by atoms with van der Waals surface area (Å²) in [5.74, 6) is -0.322. The number of anilines is 1. The number of halogens is 1. The summed E-state index contributed by atoms with van der Waals surface area (Å²) >= 11 is 0. The van der Waals surface area contributed by atoms with E-state index in [0.717, 1.165) is 68.7 Å². The van der Waals surface area contributed by atoms with Crippen molar-refractivity contribution in [3.05, 3.63) is 90.2 Å². The Balaban J connectivity index is 1.32. The molecule has 3 aromatic rings. The fourth-order valence-corrected chi connectivity index (χ4v) is 5.34. The summed E-state index contributed by atoms with van der Waals surface area (Å²) in [6.45, 7) is 10.8. The van der Waals surface area contributed by atoms with Crippen molar-refractivity contribution < 1.29 is 13.9 Å². The highest BCUT2D eigenvalue weighted by Gasteiger charge is 2.40. The maximum atomic E-state index is 13.6. The third-order valence-electron chi connectivity index (χ3n) is 7.50. The van der Waals surface area contributed by atoms with E-state index in [0.29, 0.717) is 0 Å². The summed E-state index contributed by atoms with van der Waals surface area (Å²) in [4.78, 5) is 18.2. The van der Waals surface area contributed by atoms with Gasteiger partial charge >= 0.3 is 5.97 Å². The first-order valence-corrected chi connectivity index (χ1v) is 13.5. The van der Waals surface area contributed by atoms with Gasteiger partial charge in [0.15, 0.2) is 0 Å². The molecular formula is C32H39FN2O2. The zero-order valence-corrected chi connectivity index (χ0v) is 22.3. The van der Waals surface area contributed by atoms with Gasteiger partial charge in [-0.1, -0.05) is 61.5 Å². The minimum absolute atomic E-state index is 0.109. The quantitative estimate of drug-likeness (QED) is 0.289. The van der Waals surface area contributed by atoms with Gasteiger partial charge in [0.1, 0.15) is 5.82 Å². The molecule has 0 bridgehead atoms. The van der Waals surface area contributed by atoms with Crippen molar-refractivity contribution in [3.63, 3.8) is 0 Å². The number of nitrogens with zero attached hydrogens (tertiary/aromatic N) is 2. The molecule has 4 rings (SSSR count). The van der Waals surface area contributed by atoms with E-state index >= 15 is 0 Å². The van der Waals surface area contributed by atoms with Crippen molar-refractivity contribution in [1.29, 1.82) is 0 Å². The molecule has 1 saturated heterocycles. The second kappa shape index (κ2) is 12.4. The smallest absolute Gasteiger partial charge is 0.316 e. The van der Waals surface area contributed by atoms with Gasteiger partial charge in [0.2, 0.25) is 0 Å². The number of hydrogen-bond acceptors (Lipinski definition) is 4. The zero-order chi connectivity index (χ0) is 26.3. The Labute approximate surface area is 221 Å². The molecule has 1 aliphatic rings. The average molecular weight is 503 g/mol. The minimum Gasteiger partial charge on any atom is -0.462 e. The van der Waals surface area contributed by atoms with Crippen molar-refractivity contribution >= 4 is 11.7 Å². The molecule has 0 amide bonds. The lowest BCUT2D eigenvalue weighted by molar-refractivity contribution is -0.155. The summed E-state index contributed by atoms with van der Waals surface area (Å²) in [6.07, 6.45) is 2.32. The summed E-state index contributed by atoms with van der Waals surface area (Å²) in [5.41, 5.74) is 3.57. The molecule has 1 heterocycles. The van der Waals surface area contributed by atoms with Crippen LogP contribution in [-0.4, -0.2) is 49.7 Å². The minimum atomic E-state index is -0.600. The van der Waals surface area contributed by atoms with E-state index < -0.39 is 5.41 Å². The van der Waals surface area contributed by atoms with E-state index in [-0.39, 0.29) is 17.9 Å². The third-order valence-corrected chi connectivity index (χ3v) is 7.50. The number of benzene rings is 3. The molecule has 0 spiro atoms. The molecular weight excluding hydrogens is 463 g/mol. The Morgan fingerprint density at radius 2 is 1.62 bits per heavy atom. The largest absolute Gasteiger partial charge is 0.462 e. The van der Waals surface area contributed by atoms with Crippen molar-refractivity contribution in [2.75, 3.05) is 37.6 Å². The number of piperazine rings is 1. The Bertz CT molecular complexity index is 1140. The molecule has 196 valence electrons. The predicted molar refractivity (Wildman–Crippen MR) is 149 cm³/mol. The van der Waals surface area contributed by atoms with Gasteiger partial charge in [0.05, 0.1) is 11.5 Å². The number of esters is 1. The highest BCUT2D eigenvalue weighted by molar-refractivity contribution is 5.83. The molecule has 1 fully saturated rings. The molecule has 0 radical (unpaired) electrons. The summed E-state index contributed by atoms with van der Waals surface area (Å²) in [5, 5.41) is 0. The predicted octanol–water partition coefficient (Wildman–Crippen LogP) is 6.69. The molecule has 5 heteroatoms. The van der Waals surface area contributed by atoms with Crippen LogP contribution in [0.2, 0.25) is 0 Å². The summed E-state index contributed by atoms with van der Waals surface area (Å²) in [6, 6.07) is 25.2. The van der Waals surface area contributed by atoms with Gasteiger partial charge in [-0.05, 0) is 80.6 Å². The van der Waals surface area contributed by atoms with E-state index in [2.05, 4.69) is 53.1 Å². The fourth-order valence-electron chi connectivity index (χ4n) is 5.34. The van der Waals surface area contributed by atoms with Crippen LogP contribution in [-0.2, 0) is 14.9 Å². The van der Waals surface area contributed by atoms with Crippen molar-refractivity contribution in [2.45, 2.75) is 51.6 Å². The standard InChI is InChI=1S/C32H39FN2O2/c1-4-32(31(36)37-25(2)3,28-11-6-5-7-12-28)18-9-19-34-20-22-35(23-21-34)30-16-14-26(15-17-30)27-10-8-13-29(33)24-27/h5-8,10-17,24-25H,4,9,18-23H2,1-3H3. The van der Waals surface area contributed by atoms with Crippen molar-refractivity contribution in [2.24, 2.45) is 0 Å². The molecule has 0 saturated carbocycles. The zero-order valence-electron chi connectivity index (χ0n) is 22.3. The van der Waals surface area contributed by atoms with E-state index in [9.17, 15) is 9.18 Å². The van der Waals surface area contributed by atoms with Crippen LogP contribution >= 0.6 is 0 Å². The Hall–Kier alpha value is -3.18. The molecule has 3 aromatic carbocycles. The van der Waals surface area contributed by atoms with Crippen LogP contribution < -0.4 is 4.90 Å². The lowest BCUT2D eigenvalue weighted by Gasteiger charge is -2.37. The first kappa shape index (κ1) is 26.9. The lowest BCUT2D eigenvalue weighted by atomic mass is 9.74. The third kappa shape index (κ3) is 6.58. The van der Waals surface area contributed by atoms with Gasteiger partial charge in [-0.15, -0.1) is 0 Å². The fraction of sp³-hybridized carbons (Fsp3) is 0.406. The van der Waals surface area contributed by atoms with E-state index in [4.69, 9.17) is 4.74 Å². The highest BCUT2D eigenvalue weighted by Crippen LogP contribution is 2.35. The molecule has 0 aliphatic carbocycles. The van der Waals surface area contributed by atoms with E-state index in [1.807, 2.05) is 38.1 Å². The van der Waals surface area contributed by atoms with Crippen LogP contribution in [0, 0.1) is 5.82 Å². The molecule has 1 aliphatic heterocycles. The monoisotopic (exact) mass is 502 g/mol. The molecule has 1 unspecified atom stereocenters. The topological polar surface area (TPSA) is 32.8 Å². The lowest BCUT2D eigenvalue weighted by Crippen LogP contribution is -2.47. The van der Waals surface area contributed by atoms with Crippen LogP contribution in [0.4, 0.5) is 10.1 Å². The van der Waals surface area contributed by atoms with E-state index in [1.54, 1.807) is 12.1 Å². The maximum absolute atomic E-state index is 13.6. The SMILES string of the molecule is CCC(CCCN1CCN(c2ccc(-c3cccc(F)c3)cc2)CC1)(C(=O)OC(C)C)c1ccccc1. The first-order chi connectivity index (χ1) is 17.9. The molecule has 4 nitrogen and oxygen atoms in total. The average Bonchev–Trinajstić information content (AvgIpc) is 2.92. The van der Waals surface area contributed by atoms with Crippen LogP contribution in [0.25, 0.3) is 11.1 Å². The molecule has 0 aromatic heterocycles. The Kier molecular flexibility index (Phi) is 8.99. The summed E-state index contributed by atoms with van der Waals surface area (Å²) in [7, 11) is 0. The highest BCUT2D eigenvalue weighted by atomic mass is 19.1. The second-order valence-electron chi connectivity index (χ2n) is 10.2. The van der Waals surface area contributed by atoms with Gasteiger partial charge in [-0.25, -0.2) is 4.39 Å². The number of carbonyl (C=O) groups excluding carboxylic acids is 1. The Morgan fingerprint density at radius 3 is 2.24 bits per heavy atom. The molecule has 0 N–H and O–H groups in total. The van der Waals surface area contributed by atoms with Crippen LogP contribution in [0.15, 0.2) is 78.9 Å². The van der Waals surface area contributed by atoms with E-state index in [1.165, 1.54) is 11.8 Å². The maximum Gasteiger partial charge on any atom is 0.316 e. The molecule has 37 heavy (non-hydrogen) atoms. The van der Waals surface area contributed by atoms with Crippen molar-refractivity contribution in [3.8, 4) is 11.1 Å². The first-order valence-electron chi connectivity index (χ1n) is 13.5. The Morgan fingerprint density at radius 1 is 0.919 bits per heavy atom. The number of carbonyl (C=O) groups is 1. The van der Waals surface area contributed by atoms with Gasteiger partial charge in [-0.2, -0.15) is 0 Å². The van der Waals surface area contributed by atoms with Gasteiger partial charge in [0.25, 0.3) is 0 Å². The second-order valence-corrected chi connectivity index (χ2v) is 10.2. The number of rotatable bonds is 10. The normalized spacial score (nSPS) is 16.0. The van der Waals surface area contributed by atoms with Crippen LogP contribution in [0.3, 0.4) is 0 Å². The van der Waals surface area contributed by atoms with Crippen LogP contribution in [0.5, 0.6) is 0 Å². The van der Waals surface area contributed by atoms with Gasteiger partial charge < -0.3 is 9.64 Å². The number of ether oxygens (including phenoxy) is 1.